The minimum Gasteiger partial charge on any atom is -0.338 e. The van der Waals surface area contributed by atoms with Gasteiger partial charge in [0.2, 0.25) is 5.91 Å². The lowest BCUT2D eigenvalue weighted by atomic mass is 10.3. The Labute approximate surface area is 94.3 Å². The molecule has 0 aliphatic carbocycles. The molecule has 2 fully saturated rings. The fourth-order valence-corrected chi connectivity index (χ4v) is 2.06. The summed E-state index contributed by atoms with van der Waals surface area (Å²) in [4.78, 5) is 26.2. The molecule has 0 radical (unpaired) electrons. The van der Waals surface area contributed by atoms with Crippen molar-refractivity contribution in [1.29, 1.82) is 0 Å². The highest BCUT2D eigenvalue weighted by molar-refractivity contribution is 5.93. The Morgan fingerprint density at radius 2 is 2.31 bits per heavy atom. The molecule has 2 amide bonds. The molecule has 0 aromatic heterocycles. The van der Waals surface area contributed by atoms with Gasteiger partial charge >= 0.3 is 0 Å². The van der Waals surface area contributed by atoms with Gasteiger partial charge in [0, 0.05) is 19.5 Å². The van der Waals surface area contributed by atoms with Crippen LogP contribution in [0.5, 0.6) is 0 Å². The Morgan fingerprint density at radius 1 is 1.50 bits per heavy atom. The summed E-state index contributed by atoms with van der Waals surface area (Å²) >= 11 is 0. The van der Waals surface area contributed by atoms with E-state index in [1.54, 1.807) is 4.90 Å². The Kier molecular flexibility index (Phi) is 3.11. The van der Waals surface area contributed by atoms with E-state index >= 15 is 0 Å². The van der Waals surface area contributed by atoms with Gasteiger partial charge in [-0.1, -0.05) is 0 Å². The zero-order chi connectivity index (χ0) is 11.5. The van der Waals surface area contributed by atoms with Crippen LogP contribution in [0.25, 0.3) is 0 Å². The molecule has 0 aromatic rings. The maximum Gasteiger partial charge on any atom is 0.300 e. The zero-order valence-corrected chi connectivity index (χ0v) is 9.02. The van der Waals surface area contributed by atoms with Crippen molar-refractivity contribution < 1.29 is 14.3 Å². The van der Waals surface area contributed by atoms with Crippen LogP contribution in [0.4, 0.5) is 0 Å². The maximum atomic E-state index is 11.8. The fraction of sp³-hybridized carbons (Fsp3) is 0.636. The van der Waals surface area contributed by atoms with Gasteiger partial charge in [-0.3, -0.25) is 9.59 Å². The molecule has 5 heteroatoms. The average Bonchev–Trinajstić information content (AvgIpc) is 2.73. The second-order valence-electron chi connectivity index (χ2n) is 3.94. The molecule has 2 rings (SSSR count). The van der Waals surface area contributed by atoms with Crippen molar-refractivity contribution in [3.05, 3.63) is 0 Å². The predicted octanol–water partition coefficient (Wildman–Crippen LogP) is -0.226. The number of ether oxygens (including phenoxy) is 1. The normalized spacial score (nSPS) is 25.7. The summed E-state index contributed by atoms with van der Waals surface area (Å²) in [6.07, 6.45) is 6.98. The van der Waals surface area contributed by atoms with Crippen molar-refractivity contribution in [3.63, 3.8) is 0 Å². The first-order valence-electron chi connectivity index (χ1n) is 5.39. The number of fused-ring (bicyclic) bond motifs is 1. The van der Waals surface area contributed by atoms with Crippen molar-refractivity contribution in [3.8, 4) is 12.3 Å². The molecule has 2 heterocycles. The van der Waals surface area contributed by atoms with E-state index in [0.717, 1.165) is 19.4 Å². The molecule has 0 aromatic carbocycles. The van der Waals surface area contributed by atoms with Gasteiger partial charge in [0.15, 0.2) is 0 Å². The lowest BCUT2D eigenvalue weighted by Crippen LogP contribution is -2.45. The topological polar surface area (TPSA) is 49.9 Å². The van der Waals surface area contributed by atoms with Gasteiger partial charge in [0.25, 0.3) is 5.91 Å². The van der Waals surface area contributed by atoms with Crippen molar-refractivity contribution in [1.82, 2.24) is 9.80 Å². The van der Waals surface area contributed by atoms with E-state index in [0.29, 0.717) is 13.0 Å². The number of hydrogen-bond acceptors (Lipinski definition) is 3. The number of rotatable bonds is 0. The Balaban J connectivity index is 2.04. The highest BCUT2D eigenvalue weighted by atomic mass is 16.5. The second-order valence-corrected chi connectivity index (χ2v) is 3.94. The van der Waals surface area contributed by atoms with Crippen molar-refractivity contribution in [2.75, 3.05) is 19.8 Å². The van der Waals surface area contributed by atoms with E-state index in [-0.39, 0.29) is 18.9 Å². The van der Waals surface area contributed by atoms with Gasteiger partial charge in [-0.2, -0.15) is 0 Å². The Bertz CT molecular complexity index is 348. The minimum atomic E-state index is -0.417. The monoisotopic (exact) mass is 222 g/mol. The second kappa shape index (κ2) is 4.54. The fourth-order valence-electron chi connectivity index (χ4n) is 2.06. The molecule has 0 saturated carbocycles. The van der Waals surface area contributed by atoms with Crippen LogP contribution < -0.4 is 0 Å². The molecular weight excluding hydrogens is 208 g/mol. The number of nitrogens with zero attached hydrogens (tertiary/aromatic N) is 2. The molecule has 5 nitrogen and oxygen atoms in total. The first-order valence-corrected chi connectivity index (χ1v) is 5.39. The number of carbonyl (C=O) groups is 2. The standard InChI is InChI=1S/C11H14N2O3/c1-2-9(14)12-7-5-10(15)13-6-3-4-11(13)16-8-12/h1,11H,3-8H2. The maximum absolute atomic E-state index is 11.8. The third-order valence-electron chi connectivity index (χ3n) is 2.95. The van der Waals surface area contributed by atoms with Gasteiger partial charge in [-0.25, -0.2) is 0 Å². The number of carbonyl (C=O) groups excluding carboxylic acids is 2. The third kappa shape index (κ3) is 2.02. The van der Waals surface area contributed by atoms with Crippen molar-refractivity contribution in [2.24, 2.45) is 0 Å². The Hall–Kier alpha value is -1.54. The molecule has 2 saturated heterocycles. The lowest BCUT2D eigenvalue weighted by Gasteiger charge is -2.31. The summed E-state index contributed by atoms with van der Waals surface area (Å²) in [6.45, 7) is 1.27. The van der Waals surface area contributed by atoms with E-state index in [9.17, 15) is 9.59 Å². The van der Waals surface area contributed by atoms with Gasteiger partial charge in [0.1, 0.15) is 13.0 Å². The average molecular weight is 222 g/mol. The van der Waals surface area contributed by atoms with E-state index in [2.05, 4.69) is 0 Å². The number of hydrogen-bond donors (Lipinski definition) is 0. The van der Waals surface area contributed by atoms with Crippen LogP contribution in [0.1, 0.15) is 19.3 Å². The molecule has 0 N–H and O–H groups in total. The Morgan fingerprint density at radius 3 is 3.06 bits per heavy atom. The third-order valence-corrected chi connectivity index (χ3v) is 2.95. The van der Waals surface area contributed by atoms with E-state index in [1.165, 1.54) is 4.90 Å². The highest BCUT2D eigenvalue weighted by Crippen LogP contribution is 2.21. The molecule has 86 valence electrons. The smallest absolute Gasteiger partial charge is 0.300 e. The van der Waals surface area contributed by atoms with Crippen LogP contribution in [0.2, 0.25) is 0 Å². The molecule has 2 aliphatic heterocycles. The molecule has 2 aliphatic rings. The summed E-state index contributed by atoms with van der Waals surface area (Å²) in [7, 11) is 0. The summed E-state index contributed by atoms with van der Waals surface area (Å²) in [5, 5.41) is 0. The summed E-state index contributed by atoms with van der Waals surface area (Å²) < 4.78 is 5.53. The SMILES string of the molecule is C#CC(=O)N1CCC(=O)N2CCCC2OC1. The molecular formula is C11H14N2O3. The summed E-state index contributed by atoms with van der Waals surface area (Å²) in [6, 6.07) is 0. The van der Waals surface area contributed by atoms with Crippen LogP contribution in [0, 0.1) is 12.3 Å². The largest absolute Gasteiger partial charge is 0.338 e. The van der Waals surface area contributed by atoms with Crippen molar-refractivity contribution >= 4 is 11.8 Å². The van der Waals surface area contributed by atoms with Gasteiger partial charge in [0.05, 0.1) is 0 Å². The number of amides is 2. The van der Waals surface area contributed by atoms with Crippen LogP contribution in [0.15, 0.2) is 0 Å². The molecule has 1 unspecified atom stereocenters. The molecule has 0 bridgehead atoms. The highest BCUT2D eigenvalue weighted by Gasteiger charge is 2.32. The summed E-state index contributed by atoms with van der Waals surface area (Å²) in [5.74, 6) is 1.66. The quantitative estimate of drug-likeness (QED) is 0.532. The predicted molar refractivity (Wildman–Crippen MR) is 55.9 cm³/mol. The zero-order valence-electron chi connectivity index (χ0n) is 9.02. The van der Waals surface area contributed by atoms with Gasteiger partial charge in [-0.05, 0) is 18.8 Å². The van der Waals surface area contributed by atoms with Crippen LogP contribution in [-0.2, 0) is 14.3 Å². The molecule has 0 spiro atoms. The lowest BCUT2D eigenvalue weighted by molar-refractivity contribution is -0.157. The first kappa shape index (κ1) is 11.0. The van der Waals surface area contributed by atoms with Crippen LogP contribution in [0.3, 0.4) is 0 Å². The van der Waals surface area contributed by atoms with E-state index in [1.807, 2.05) is 5.92 Å². The summed E-state index contributed by atoms with van der Waals surface area (Å²) in [5.41, 5.74) is 0. The van der Waals surface area contributed by atoms with Crippen LogP contribution >= 0.6 is 0 Å². The van der Waals surface area contributed by atoms with Crippen LogP contribution in [-0.4, -0.2) is 47.7 Å². The van der Waals surface area contributed by atoms with Gasteiger partial charge < -0.3 is 14.5 Å². The van der Waals surface area contributed by atoms with E-state index < -0.39 is 5.91 Å². The number of terminal acetylenes is 1. The van der Waals surface area contributed by atoms with Gasteiger partial charge in [-0.15, -0.1) is 6.42 Å². The van der Waals surface area contributed by atoms with E-state index in [4.69, 9.17) is 11.2 Å². The van der Waals surface area contributed by atoms with Crippen molar-refractivity contribution in [2.45, 2.75) is 25.5 Å². The first-order chi connectivity index (χ1) is 7.72. The molecule has 1 atom stereocenters. The minimum absolute atomic E-state index is 0.0389. The molecule has 16 heavy (non-hydrogen) atoms.